The number of anilines is 1. The van der Waals surface area contributed by atoms with E-state index in [-0.39, 0.29) is 12.3 Å². The normalized spacial score (nSPS) is 15.3. The fourth-order valence-corrected chi connectivity index (χ4v) is 4.19. The number of thiocarbonyl (C=S) groups is 1. The van der Waals surface area contributed by atoms with Crippen molar-refractivity contribution in [3.05, 3.63) is 53.1 Å². The number of carboxylic acid groups (broad SMARTS) is 1. The van der Waals surface area contributed by atoms with Crippen molar-refractivity contribution in [2.45, 2.75) is 25.7 Å². The largest absolute Gasteiger partial charge is 0.481 e. The Balaban J connectivity index is 1.67. The molecule has 0 bridgehead atoms. The summed E-state index contributed by atoms with van der Waals surface area (Å²) in [6.45, 7) is 0.501. The van der Waals surface area contributed by atoms with Gasteiger partial charge in [0, 0.05) is 24.2 Å². The van der Waals surface area contributed by atoms with Gasteiger partial charge in [0.15, 0.2) is 0 Å². The van der Waals surface area contributed by atoms with Gasteiger partial charge in [0.25, 0.3) is 5.91 Å². The van der Waals surface area contributed by atoms with Gasteiger partial charge in [-0.25, -0.2) is 4.98 Å². The van der Waals surface area contributed by atoms with Gasteiger partial charge in [0.1, 0.15) is 4.32 Å². The Morgan fingerprint density at radius 1 is 1.17 bits per heavy atom. The second-order valence-electron chi connectivity index (χ2n) is 6.61. The first kappa shape index (κ1) is 21.0. The molecule has 2 aromatic rings. The van der Waals surface area contributed by atoms with Gasteiger partial charge in [-0.05, 0) is 43.2 Å². The summed E-state index contributed by atoms with van der Waals surface area (Å²) in [5, 5.41) is 8.68. The second kappa shape index (κ2) is 9.67. The van der Waals surface area contributed by atoms with Crippen molar-refractivity contribution in [2.24, 2.45) is 0 Å². The Hall–Kier alpha value is -2.71. The molecule has 1 fully saturated rings. The lowest BCUT2D eigenvalue weighted by atomic mass is 10.1. The van der Waals surface area contributed by atoms with Crippen LogP contribution < -0.4 is 5.73 Å². The third-order valence-corrected chi connectivity index (χ3v) is 5.78. The lowest BCUT2D eigenvalue weighted by Crippen LogP contribution is -2.29. The van der Waals surface area contributed by atoms with E-state index in [4.69, 9.17) is 23.1 Å². The van der Waals surface area contributed by atoms with Crippen LogP contribution in [0, 0.1) is 0 Å². The summed E-state index contributed by atoms with van der Waals surface area (Å²) in [5.41, 5.74) is 8.86. The van der Waals surface area contributed by atoms with E-state index < -0.39 is 5.97 Å². The number of aliphatic carboxylic acids is 1. The maximum Gasteiger partial charge on any atom is 0.303 e. The summed E-state index contributed by atoms with van der Waals surface area (Å²) in [6.07, 6.45) is 3.96. The van der Waals surface area contributed by atoms with Crippen LogP contribution in [0.25, 0.3) is 17.3 Å². The molecule has 0 radical (unpaired) electrons. The molecule has 1 aliphatic rings. The van der Waals surface area contributed by atoms with Crippen LogP contribution in [0.4, 0.5) is 5.69 Å². The molecule has 0 saturated carbocycles. The smallest absolute Gasteiger partial charge is 0.303 e. The molecule has 3 N–H and O–H groups in total. The maximum atomic E-state index is 12.7. The van der Waals surface area contributed by atoms with Gasteiger partial charge < -0.3 is 10.8 Å². The Morgan fingerprint density at radius 3 is 2.66 bits per heavy atom. The van der Waals surface area contributed by atoms with E-state index in [0.717, 1.165) is 24.1 Å². The zero-order valence-electron chi connectivity index (χ0n) is 15.7. The van der Waals surface area contributed by atoms with Crippen LogP contribution in [-0.2, 0) is 9.59 Å². The first-order chi connectivity index (χ1) is 13.9. The number of nitrogens with two attached hydrogens (primary N) is 1. The van der Waals surface area contributed by atoms with E-state index in [2.05, 4.69) is 4.98 Å². The number of carbonyl (C=O) groups excluding carboxylic acids is 1. The van der Waals surface area contributed by atoms with Gasteiger partial charge in [-0.2, -0.15) is 0 Å². The number of carboxylic acids is 1. The van der Waals surface area contributed by atoms with Crippen molar-refractivity contribution in [1.82, 2.24) is 9.88 Å². The number of carbonyl (C=O) groups is 2. The van der Waals surface area contributed by atoms with Gasteiger partial charge in [-0.1, -0.05) is 48.6 Å². The zero-order valence-corrected chi connectivity index (χ0v) is 17.3. The number of benzene rings is 1. The minimum absolute atomic E-state index is 0.127. The van der Waals surface area contributed by atoms with E-state index in [0.29, 0.717) is 33.6 Å². The number of hydrogen-bond acceptors (Lipinski definition) is 6. The van der Waals surface area contributed by atoms with Crippen LogP contribution in [0.2, 0.25) is 0 Å². The van der Waals surface area contributed by atoms with Crippen molar-refractivity contribution < 1.29 is 14.7 Å². The number of amides is 1. The highest BCUT2D eigenvalue weighted by atomic mass is 32.2. The van der Waals surface area contributed by atoms with Crippen molar-refractivity contribution in [3.63, 3.8) is 0 Å². The molecule has 1 aromatic carbocycles. The van der Waals surface area contributed by atoms with E-state index in [1.807, 2.05) is 42.5 Å². The molecule has 2 heterocycles. The highest BCUT2D eigenvalue weighted by molar-refractivity contribution is 8.26. The van der Waals surface area contributed by atoms with Gasteiger partial charge in [-0.3, -0.25) is 14.5 Å². The third kappa shape index (κ3) is 5.65. The zero-order chi connectivity index (χ0) is 20.8. The van der Waals surface area contributed by atoms with Crippen molar-refractivity contribution >= 4 is 51.9 Å². The average molecular weight is 428 g/mol. The lowest BCUT2D eigenvalue weighted by Gasteiger charge is -2.13. The highest BCUT2D eigenvalue weighted by Crippen LogP contribution is 2.32. The van der Waals surface area contributed by atoms with Gasteiger partial charge in [0.2, 0.25) is 0 Å². The fraction of sp³-hybridized carbons (Fsp3) is 0.238. The highest BCUT2D eigenvalue weighted by Gasteiger charge is 2.31. The molecule has 0 unspecified atom stereocenters. The number of nitrogen functional groups attached to an aromatic ring is 1. The summed E-state index contributed by atoms with van der Waals surface area (Å²) in [7, 11) is 0. The molecule has 0 atom stereocenters. The number of aromatic nitrogens is 1. The molecule has 29 heavy (non-hydrogen) atoms. The van der Waals surface area contributed by atoms with E-state index in [1.54, 1.807) is 11.0 Å². The minimum Gasteiger partial charge on any atom is -0.481 e. The number of rotatable bonds is 8. The number of hydrogen-bond donors (Lipinski definition) is 2. The fourth-order valence-electron chi connectivity index (χ4n) is 2.90. The maximum absolute atomic E-state index is 12.7. The minimum atomic E-state index is -0.799. The number of nitrogens with zero attached hydrogens (tertiary/aromatic N) is 2. The van der Waals surface area contributed by atoms with E-state index in [9.17, 15) is 9.59 Å². The third-order valence-electron chi connectivity index (χ3n) is 4.40. The molecule has 0 aliphatic carbocycles. The molecule has 150 valence electrons. The topological polar surface area (TPSA) is 96.5 Å². The summed E-state index contributed by atoms with van der Waals surface area (Å²) in [4.78, 5) is 30.0. The van der Waals surface area contributed by atoms with E-state index in [1.165, 1.54) is 11.8 Å². The lowest BCUT2D eigenvalue weighted by molar-refractivity contribution is -0.137. The first-order valence-corrected chi connectivity index (χ1v) is 10.5. The van der Waals surface area contributed by atoms with Crippen molar-refractivity contribution in [1.29, 1.82) is 0 Å². The van der Waals surface area contributed by atoms with Crippen LogP contribution >= 0.6 is 24.0 Å². The molecular weight excluding hydrogens is 406 g/mol. The molecule has 1 aromatic heterocycles. The molecule has 8 heteroatoms. The molecule has 0 spiro atoms. The Kier molecular flexibility index (Phi) is 7.00. The number of unbranched alkanes of at least 4 members (excludes halogenated alkanes) is 2. The van der Waals surface area contributed by atoms with Crippen molar-refractivity contribution in [3.8, 4) is 11.3 Å². The molecular formula is C21H21N3O3S2. The van der Waals surface area contributed by atoms with Crippen LogP contribution in [0.5, 0.6) is 0 Å². The monoisotopic (exact) mass is 427 g/mol. The summed E-state index contributed by atoms with van der Waals surface area (Å²) >= 11 is 6.61. The van der Waals surface area contributed by atoms with Gasteiger partial charge in [0.05, 0.1) is 16.3 Å². The Morgan fingerprint density at radius 2 is 1.93 bits per heavy atom. The number of thioether (sulfide) groups is 1. The molecule has 1 amide bonds. The first-order valence-electron chi connectivity index (χ1n) is 9.24. The van der Waals surface area contributed by atoms with Crippen LogP contribution in [-0.4, -0.2) is 37.7 Å². The Labute approximate surface area is 178 Å². The van der Waals surface area contributed by atoms with Gasteiger partial charge in [-0.15, -0.1) is 0 Å². The second-order valence-corrected chi connectivity index (χ2v) is 8.28. The van der Waals surface area contributed by atoms with Crippen LogP contribution in [0.1, 0.15) is 31.4 Å². The number of pyridine rings is 1. The predicted octanol–water partition coefficient (Wildman–Crippen LogP) is 4.18. The average Bonchev–Trinajstić information content (AvgIpc) is 2.95. The van der Waals surface area contributed by atoms with Crippen molar-refractivity contribution in [2.75, 3.05) is 12.3 Å². The summed E-state index contributed by atoms with van der Waals surface area (Å²) in [6, 6.07) is 13.1. The van der Waals surface area contributed by atoms with Gasteiger partial charge >= 0.3 is 5.97 Å². The molecule has 1 aliphatic heterocycles. The summed E-state index contributed by atoms with van der Waals surface area (Å²) < 4.78 is 0.522. The van der Waals surface area contributed by atoms with E-state index >= 15 is 0 Å². The Bertz CT molecular complexity index is 958. The summed E-state index contributed by atoms with van der Waals surface area (Å²) in [5.74, 6) is -0.926. The SMILES string of the molecule is Nc1ccc(-c2cccc(/C=C3\SC(=S)N(CCCCCC(=O)O)C3=O)n2)cc1. The van der Waals surface area contributed by atoms with Crippen LogP contribution in [0.3, 0.4) is 0 Å². The molecule has 1 saturated heterocycles. The molecule has 6 nitrogen and oxygen atoms in total. The quantitative estimate of drug-likeness (QED) is 0.282. The van der Waals surface area contributed by atoms with Crippen LogP contribution in [0.15, 0.2) is 47.4 Å². The predicted molar refractivity (Wildman–Crippen MR) is 120 cm³/mol. The standard InChI is InChI=1S/C21H21N3O3S2/c22-15-10-8-14(9-11-15)17-6-4-5-16(23-17)13-18-20(27)24(21(28)29-18)12-3-1-2-7-19(25)26/h4-6,8-11,13H,1-3,7,12,22H2,(H,25,26)/b18-13-. The molecule has 3 rings (SSSR count).